The fraction of sp³-hybridized carbons (Fsp3) is 0.0455. The Morgan fingerprint density at radius 1 is 0.935 bits per heavy atom. The van der Waals surface area contributed by atoms with Crippen molar-refractivity contribution in [2.24, 2.45) is 0 Å². The largest absolute Gasteiger partial charge is 0.340 e. The zero-order valence-electron chi connectivity index (χ0n) is 16.3. The Labute approximate surface area is 183 Å². The van der Waals surface area contributed by atoms with Crippen molar-refractivity contribution in [1.29, 1.82) is 0 Å². The second kappa shape index (κ2) is 7.33. The van der Waals surface area contributed by atoms with Gasteiger partial charge in [0.25, 0.3) is 0 Å². The molecule has 0 saturated carbocycles. The molecule has 154 valence electrons. The van der Waals surface area contributed by atoms with E-state index in [1.54, 1.807) is 36.4 Å². The van der Waals surface area contributed by atoms with Crippen LogP contribution in [0.25, 0.3) is 16.6 Å². The molecule has 5 rings (SSSR count). The van der Waals surface area contributed by atoms with Gasteiger partial charge in [0.15, 0.2) is 5.65 Å². The summed E-state index contributed by atoms with van der Waals surface area (Å²) in [6.45, 7) is 1.90. The van der Waals surface area contributed by atoms with Crippen molar-refractivity contribution in [2.75, 3.05) is 5.32 Å². The Kier molecular flexibility index (Phi) is 4.60. The standard InChI is InChI=1S/C22H16ClN5O2S/c1-14-6-12-17(13-7-14)31(29,30)22-21-25-20(24-16-10-8-15(23)9-11-16)18-4-2-3-5-19(18)28(21)27-26-22/h2-13H,1H3,(H,24,25). The molecular formula is C22H16ClN5O2S. The third-order valence-corrected chi connectivity index (χ3v) is 6.83. The van der Waals surface area contributed by atoms with Crippen molar-refractivity contribution in [1.82, 2.24) is 19.8 Å². The summed E-state index contributed by atoms with van der Waals surface area (Å²) in [5.74, 6) is 0.494. The van der Waals surface area contributed by atoms with Crippen molar-refractivity contribution >= 4 is 49.5 Å². The first-order valence-corrected chi connectivity index (χ1v) is 11.3. The number of nitrogens with one attached hydrogen (secondary N) is 1. The van der Waals surface area contributed by atoms with E-state index in [2.05, 4.69) is 20.6 Å². The third-order valence-electron chi connectivity index (χ3n) is 4.91. The van der Waals surface area contributed by atoms with Gasteiger partial charge in [0.1, 0.15) is 5.82 Å². The molecule has 1 N–H and O–H groups in total. The summed E-state index contributed by atoms with van der Waals surface area (Å²) >= 11 is 5.98. The highest BCUT2D eigenvalue weighted by Crippen LogP contribution is 2.29. The average molecular weight is 450 g/mol. The maximum absolute atomic E-state index is 13.3. The van der Waals surface area contributed by atoms with Gasteiger partial charge < -0.3 is 5.32 Å². The molecule has 2 heterocycles. The van der Waals surface area contributed by atoms with Gasteiger partial charge in [-0.1, -0.05) is 46.6 Å². The smallest absolute Gasteiger partial charge is 0.229 e. The van der Waals surface area contributed by atoms with Crippen LogP contribution in [-0.4, -0.2) is 28.2 Å². The van der Waals surface area contributed by atoms with Gasteiger partial charge in [0, 0.05) is 16.1 Å². The lowest BCUT2D eigenvalue weighted by Crippen LogP contribution is -2.05. The van der Waals surface area contributed by atoms with E-state index in [9.17, 15) is 8.42 Å². The molecule has 0 saturated heterocycles. The van der Waals surface area contributed by atoms with E-state index >= 15 is 0 Å². The summed E-state index contributed by atoms with van der Waals surface area (Å²) in [6.07, 6.45) is 0. The number of aromatic nitrogens is 4. The Morgan fingerprint density at radius 2 is 1.65 bits per heavy atom. The van der Waals surface area contributed by atoms with Gasteiger partial charge in [-0.3, -0.25) is 0 Å². The van der Waals surface area contributed by atoms with E-state index < -0.39 is 9.84 Å². The Morgan fingerprint density at radius 3 is 2.39 bits per heavy atom. The SMILES string of the molecule is Cc1ccc(S(=O)(=O)c2nnn3c2nc(Nc2ccc(Cl)cc2)c2ccccc23)cc1. The number of para-hydroxylation sites is 1. The average Bonchev–Trinajstić information content (AvgIpc) is 3.21. The Balaban J connectivity index is 1.73. The number of rotatable bonds is 4. The highest BCUT2D eigenvalue weighted by Gasteiger charge is 2.27. The highest BCUT2D eigenvalue weighted by atomic mass is 35.5. The van der Waals surface area contributed by atoms with Gasteiger partial charge in [-0.15, -0.1) is 5.10 Å². The van der Waals surface area contributed by atoms with Gasteiger partial charge >= 0.3 is 0 Å². The first kappa shape index (κ1) is 19.5. The molecule has 3 aromatic carbocycles. The molecule has 0 atom stereocenters. The minimum atomic E-state index is -3.91. The van der Waals surface area contributed by atoms with Crippen molar-refractivity contribution in [3.05, 3.63) is 83.4 Å². The molecule has 2 aromatic heterocycles. The minimum Gasteiger partial charge on any atom is -0.340 e. The molecule has 0 unspecified atom stereocenters. The fourth-order valence-corrected chi connectivity index (χ4v) is 4.67. The van der Waals surface area contributed by atoms with Crippen LogP contribution in [0.2, 0.25) is 5.02 Å². The van der Waals surface area contributed by atoms with E-state index in [1.165, 1.54) is 4.52 Å². The van der Waals surface area contributed by atoms with Crippen LogP contribution in [0.15, 0.2) is 82.7 Å². The number of nitrogens with zero attached hydrogens (tertiary/aromatic N) is 4. The predicted molar refractivity (Wildman–Crippen MR) is 120 cm³/mol. The highest BCUT2D eigenvalue weighted by molar-refractivity contribution is 7.91. The van der Waals surface area contributed by atoms with Gasteiger partial charge in [0.2, 0.25) is 14.9 Å². The van der Waals surface area contributed by atoms with Crippen LogP contribution in [0.4, 0.5) is 11.5 Å². The van der Waals surface area contributed by atoms with Gasteiger partial charge in [0.05, 0.1) is 10.4 Å². The molecule has 31 heavy (non-hydrogen) atoms. The van der Waals surface area contributed by atoms with E-state index in [1.807, 2.05) is 43.3 Å². The molecule has 0 fully saturated rings. The lowest BCUT2D eigenvalue weighted by molar-refractivity contribution is 0.592. The summed E-state index contributed by atoms with van der Waals surface area (Å²) in [7, 11) is -3.91. The molecule has 9 heteroatoms. The van der Waals surface area contributed by atoms with Crippen LogP contribution in [0.5, 0.6) is 0 Å². The number of halogens is 1. The number of sulfone groups is 1. The Hall–Kier alpha value is -3.49. The van der Waals surface area contributed by atoms with E-state index in [-0.39, 0.29) is 15.6 Å². The number of aryl methyl sites for hydroxylation is 1. The monoisotopic (exact) mass is 449 g/mol. The first-order chi connectivity index (χ1) is 14.9. The van der Waals surface area contributed by atoms with Crippen molar-refractivity contribution in [3.63, 3.8) is 0 Å². The van der Waals surface area contributed by atoms with Gasteiger partial charge in [-0.2, -0.15) is 4.52 Å². The molecule has 0 aliphatic heterocycles. The van der Waals surface area contributed by atoms with Crippen LogP contribution in [0.3, 0.4) is 0 Å². The molecule has 7 nitrogen and oxygen atoms in total. The van der Waals surface area contributed by atoms with Crippen LogP contribution in [0.1, 0.15) is 5.56 Å². The van der Waals surface area contributed by atoms with E-state index in [4.69, 9.17) is 11.6 Å². The lowest BCUT2D eigenvalue weighted by Gasteiger charge is -2.10. The number of hydrogen-bond donors (Lipinski definition) is 1. The summed E-state index contributed by atoms with van der Waals surface area (Å²) < 4.78 is 28.0. The molecule has 0 aliphatic rings. The quantitative estimate of drug-likeness (QED) is 0.423. The molecule has 0 radical (unpaired) electrons. The van der Waals surface area contributed by atoms with Crippen molar-refractivity contribution < 1.29 is 8.42 Å². The topological polar surface area (TPSA) is 89.2 Å². The zero-order chi connectivity index (χ0) is 21.6. The third kappa shape index (κ3) is 3.39. The van der Waals surface area contributed by atoms with E-state index in [0.29, 0.717) is 16.4 Å². The predicted octanol–water partition coefficient (Wildman–Crippen LogP) is 4.82. The molecule has 0 amide bonds. The molecule has 0 spiro atoms. The summed E-state index contributed by atoms with van der Waals surface area (Å²) in [6, 6.07) is 21.2. The molecular weight excluding hydrogens is 434 g/mol. The Bertz CT molecular complexity index is 1530. The first-order valence-electron chi connectivity index (χ1n) is 9.42. The molecule has 5 aromatic rings. The fourth-order valence-electron chi connectivity index (χ4n) is 3.31. The lowest BCUT2D eigenvalue weighted by atomic mass is 10.2. The maximum atomic E-state index is 13.3. The van der Waals surface area contributed by atoms with Crippen LogP contribution < -0.4 is 5.32 Å². The number of anilines is 2. The summed E-state index contributed by atoms with van der Waals surface area (Å²) in [5.41, 5.74) is 2.56. The van der Waals surface area contributed by atoms with Crippen LogP contribution in [0, 0.1) is 6.92 Å². The maximum Gasteiger partial charge on any atom is 0.229 e. The summed E-state index contributed by atoms with van der Waals surface area (Å²) in [4.78, 5) is 4.75. The molecule has 0 aliphatic carbocycles. The molecule has 0 bridgehead atoms. The van der Waals surface area contributed by atoms with Gasteiger partial charge in [-0.05, 0) is 55.5 Å². The normalized spacial score (nSPS) is 11.8. The summed E-state index contributed by atoms with van der Waals surface area (Å²) in [5, 5.41) is 12.5. The number of benzene rings is 3. The number of hydrogen-bond acceptors (Lipinski definition) is 6. The van der Waals surface area contributed by atoms with Gasteiger partial charge in [-0.25, -0.2) is 13.4 Å². The zero-order valence-corrected chi connectivity index (χ0v) is 17.9. The van der Waals surface area contributed by atoms with Crippen molar-refractivity contribution in [2.45, 2.75) is 16.8 Å². The van der Waals surface area contributed by atoms with E-state index in [0.717, 1.165) is 16.6 Å². The number of fused-ring (bicyclic) bond motifs is 3. The second-order valence-electron chi connectivity index (χ2n) is 7.06. The van der Waals surface area contributed by atoms with Crippen molar-refractivity contribution in [3.8, 4) is 0 Å². The second-order valence-corrected chi connectivity index (χ2v) is 9.36. The minimum absolute atomic E-state index is 0.141. The van der Waals surface area contributed by atoms with Crippen LogP contribution >= 0.6 is 11.6 Å². The van der Waals surface area contributed by atoms with Crippen LogP contribution in [-0.2, 0) is 9.84 Å².